The van der Waals surface area contributed by atoms with Gasteiger partial charge < -0.3 is 25.1 Å². The number of aromatic nitrogens is 2. The van der Waals surface area contributed by atoms with E-state index >= 15 is 4.39 Å². The predicted molar refractivity (Wildman–Crippen MR) is 145 cm³/mol. The SMILES string of the molecule is CN[C@@H](CO)C(=O)N[C@H]1CS(=O)(=O)c2cc(F)c(-c3nnc(C(C)(C)C)o3)cc2N(Cc2ccc(Cl)cc2)C1=O. The first-order valence-corrected chi connectivity index (χ1v) is 14.3. The Morgan fingerprint density at radius 3 is 2.50 bits per heavy atom. The Morgan fingerprint density at radius 2 is 1.93 bits per heavy atom. The van der Waals surface area contributed by atoms with Crippen LogP contribution >= 0.6 is 11.6 Å². The van der Waals surface area contributed by atoms with Crippen LogP contribution in [0.5, 0.6) is 0 Å². The van der Waals surface area contributed by atoms with E-state index in [0.29, 0.717) is 10.6 Å². The number of aliphatic hydroxyl groups is 1. The minimum atomic E-state index is -4.30. The molecule has 3 aromatic rings. The molecule has 0 saturated carbocycles. The van der Waals surface area contributed by atoms with E-state index in [1.807, 2.05) is 20.8 Å². The quantitative estimate of drug-likeness (QED) is 0.374. The van der Waals surface area contributed by atoms with Gasteiger partial charge in [-0.05, 0) is 36.9 Å². The third kappa shape index (κ3) is 6.02. The highest BCUT2D eigenvalue weighted by Gasteiger charge is 2.40. The standard InChI is InChI=1S/C26H29ClFN5O6S/c1-26(2,3)25-32-31-23(39-25)16-9-20-21(10-17(16)28)40(37,38)13-19(30-22(35)18(12-34)29-4)24(36)33(20)11-14-5-7-15(27)8-6-14/h5-10,18-19,29,34H,11-13H2,1-4H3,(H,30,35)/t18-,19-/m0/s1. The summed E-state index contributed by atoms with van der Waals surface area (Å²) in [6.07, 6.45) is 0. The van der Waals surface area contributed by atoms with Gasteiger partial charge in [0.15, 0.2) is 9.84 Å². The number of hydrogen-bond acceptors (Lipinski definition) is 9. The molecule has 2 amide bonds. The number of benzene rings is 2. The van der Waals surface area contributed by atoms with Crippen molar-refractivity contribution in [2.75, 3.05) is 24.3 Å². The number of nitrogens with one attached hydrogen (secondary N) is 2. The number of rotatable bonds is 7. The fourth-order valence-corrected chi connectivity index (χ4v) is 5.85. The molecule has 14 heteroatoms. The minimum absolute atomic E-state index is 0.115. The Hall–Kier alpha value is -3.39. The van der Waals surface area contributed by atoms with Crippen LogP contribution in [0.4, 0.5) is 10.1 Å². The first kappa shape index (κ1) is 29.6. The second-order valence-corrected chi connectivity index (χ2v) is 12.8. The Kier molecular flexibility index (Phi) is 8.31. The molecule has 0 unspecified atom stereocenters. The smallest absolute Gasteiger partial charge is 0.250 e. The minimum Gasteiger partial charge on any atom is -0.420 e. The summed E-state index contributed by atoms with van der Waals surface area (Å²) in [4.78, 5) is 27.3. The Balaban J connectivity index is 1.87. The van der Waals surface area contributed by atoms with Crippen LogP contribution in [0.3, 0.4) is 0 Å². The number of sulfone groups is 1. The average Bonchev–Trinajstić information content (AvgIpc) is 3.37. The summed E-state index contributed by atoms with van der Waals surface area (Å²) in [6, 6.07) is 5.93. The maximum absolute atomic E-state index is 15.4. The first-order valence-electron chi connectivity index (χ1n) is 12.3. The van der Waals surface area contributed by atoms with Crippen molar-refractivity contribution in [2.45, 2.75) is 49.7 Å². The predicted octanol–water partition coefficient (Wildman–Crippen LogP) is 2.21. The first-order chi connectivity index (χ1) is 18.7. The van der Waals surface area contributed by atoms with E-state index in [-0.39, 0.29) is 29.6 Å². The summed E-state index contributed by atoms with van der Waals surface area (Å²) in [5.74, 6) is -3.24. The summed E-state index contributed by atoms with van der Waals surface area (Å²) in [5.41, 5.74) is -0.242. The lowest BCUT2D eigenvalue weighted by Crippen LogP contribution is -2.55. The van der Waals surface area contributed by atoms with Gasteiger partial charge in [-0.15, -0.1) is 10.2 Å². The molecule has 214 valence electrons. The van der Waals surface area contributed by atoms with Crippen molar-refractivity contribution in [3.05, 3.63) is 58.7 Å². The van der Waals surface area contributed by atoms with E-state index < -0.39 is 62.2 Å². The van der Waals surface area contributed by atoms with Crippen LogP contribution in [0.25, 0.3) is 11.5 Å². The molecule has 0 bridgehead atoms. The second kappa shape index (κ2) is 11.2. The molecular formula is C26H29ClFN5O6S. The van der Waals surface area contributed by atoms with E-state index in [9.17, 15) is 23.1 Å². The van der Waals surface area contributed by atoms with E-state index in [1.165, 1.54) is 13.1 Å². The van der Waals surface area contributed by atoms with Crippen LogP contribution in [-0.2, 0) is 31.4 Å². The molecule has 11 nitrogen and oxygen atoms in total. The van der Waals surface area contributed by atoms with Crippen LogP contribution < -0.4 is 15.5 Å². The largest absolute Gasteiger partial charge is 0.420 e. The highest BCUT2D eigenvalue weighted by Crippen LogP contribution is 2.38. The molecule has 40 heavy (non-hydrogen) atoms. The number of anilines is 1. The van der Waals surface area contributed by atoms with Gasteiger partial charge in [-0.1, -0.05) is 44.5 Å². The van der Waals surface area contributed by atoms with Crippen LogP contribution in [0.15, 0.2) is 45.7 Å². The van der Waals surface area contributed by atoms with Gasteiger partial charge in [-0.3, -0.25) is 9.59 Å². The summed E-state index contributed by atoms with van der Waals surface area (Å²) in [6.45, 7) is 4.80. The molecular weight excluding hydrogens is 565 g/mol. The molecule has 1 aliphatic heterocycles. The zero-order chi connectivity index (χ0) is 29.4. The highest BCUT2D eigenvalue weighted by atomic mass is 35.5. The molecule has 1 aromatic heterocycles. The third-order valence-electron chi connectivity index (χ3n) is 6.34. The fraction of sp³-hybridized carbons (Fsp3) is 0.385. The molecule has 0 saturated heterocycles. The van der Waals surface area contributed by atoms with Gasteiger partial charge in [0.25, 0.3) is 11.8 Å². The van der Waals surface area contributed by atoms with E-state index in [2.05, 4.69) is 20.8 Å². The van der Waals surface area contributed by atoms with Gasteiger partial charge in [0.1, 0.15) is 17.9 Å². The fourth-order valence-electron chi connectivity index (χ4n) is 4.11. The zero-order valence-electron chi connectivity index (χ0n) is 22.2. The van der Waals surface area contributed by atoms with Gasteiger partial charge in [0.2, 0.25) is 11.8 Å². The molecule has 2 heterocycles. The van der Waals surface area contributed by atoms with Gasteiger partial charge in [-0.25, -0.2) is 12.8 Å². The van der Waals surface area contributed by atoms with Crippen LogP contribution in [0.2, 0.25) is 5.02 Å². The number of carbonyl (C=O) groups excluding carboxylic acids is 2. The van der Waals surface area contributed by atoms with Gasteiger partial charge in [-0.2, -0.15) is 0 Å². The van der Waals surface area contributed by atoms with Gasteiger partial charge >= 0.3 is 0 Å². The maximum Gasteiger partial charge on any atom is 0.250 e. The second-order valence-electron chi connectivity index (χ2n) is 10.4. The number of aliphatic hydroxyl groups excluding tert-OH is 1. The van der Waals surface area contributed by atoms with Crippen LogP contribution in [0.1, 0.15) is 32.2 Å². The van der Waals surface area contributed by atoms with E-state index in [0.717, 1.165) is 11.0 Å². The molecule has 2 atom stereocenters. The summed E-state index contributed by atoms with van der Waals surface area (Å²) in [7, 11) is -2.87. The lowest BCUT2D eigenvalue weighted by molar-refractivity contribution is -0.129. The number of halogens is 2. The summed E-state index contributed by atoms with van der Waals surface area (Å²) >= 11 is 6.01. The number of fused-ring (bicyclic) bond motifs is 1. The third-order valence-corrected chi connectivity index (χ3v) is 8.36. The average molecular weight is 594 g/mol. The van der Waals surface area contributed by atoms with Gasteiger partial charge in [0.05, 0.1) is 35.1 Å². The number of amides is 2. The van der Waals surface area contributed by atoms with E-state index in [4.69, 9.17) is 16.0 Å². The Bertz CT molecular complexity index is 1530. The topological polar surface area (TPSA) is 155 Å². The molecule has 2 aromatic carbocycles. The van der Waals surface area contributed by atoms with Gasteiger partial charge in [0, 0.05) is 10.4 Å². The van der Waals surface area contributed by atoms with Crippen molar-refractivity contribution in [3.8, 4) is 11.5 Å². The Labute approximate surface area is 235 Å². The van der Waals surface area contributed by atoms with Crippen molar-refractivity contribution in [1.82, 2.24) is 20.8 Å². The van der Waals surface area contributed by atoms with Crippen molar-refractivity contribution in [1.29, 1.82) is 0 Å². The number of carbonyl (C=O) groups is 2. The molecule has 1 aliphatic rings. The monoisotopic (exact) mass is 593 g/mol. The lowest BCUT2D eigenvalue weighted by atomic mass is 9.97. The van der Waals surface area contributed by atoms with E-state index in [1.54, 1.807) is 24.3 Å². The number of nitrogens with zero attached hydrogens (tertiary/aromatic N) is 3. The van der Waals surface area contributed by atoms with Crippen LogP contribution in [-0.4, -0.2) is 67.0 Å². The van der Waals surface area contributed by atoms with Crippen molar-refractivity contribution in [3.63, 3.8) is 0 Å². The zero-order valence-corrected chi connectivity index (χ0v) is 23.8. The summed E-state index contributed by atoms with van der Waals surface area (Å²) < 4.78 is 48.1. The van der Waals surface area contributed by atoms with Crippen molar-refractivity contribution < 1.29 is 31.9 Å². The highest BCUT2D eigenvalue weighted by molar-refractivity contribution is 7.91. The number of hydrogen-bond donors (Lipinski definition) is 3. The summed E-state index contributed by atoms with van der Waals surface area (Å²) in [5, 5.41) is 22.9. The molecule has 0 aliphatic carbocycles. The molecule has 4 rings (SSSR count). The molecule has 0 fully saturated rings. The lowest BCUT2D eigenvalue weighted by Gasteiger charge is -2.27. The van der Waals surface area contributed by atoms with Crippen LogP contribution in [0, 0.1) is 5.82 Å². The maximum atomic E-state index is 15.4. The molecule has 0 radical (unpaired) electrons. The normalized spacial score (nSPS) is 17.7. The molecule has 0 spiro atoms. The van der Waals surface area contributed by atoms with Crippen molar-refractivity contribution in [2.24, 2.45) is 0 Å². The Morgan fingerprint density at radius 1 is 1.25 bits per heavy atom. The van der Waals surface area contributed by atoms with Crippen molar-refractivity contribution >= 4 is 38.9 Å². The molecule has 3 N–H and O–H groups in total. The number of likely N-dealkylation sites (N-methyl/N-ethyl adjacent to an activating group) is 1.